The Kier molecular flexibility index (Phi) is 6.70. The highest BCUT2D eigenvalue weighted by molar-refractivity contribution is 5.95. The van der Waals surface area contributed by atoms with Gasteiger partial charge in [0.2, 0.25) is 5.91 Å². The van der Waals surface area contributed by atoms with Crippen molar-refractivity contribution < 1.29 is 27.6 Å². The Morgan fingerprint density at radius 2 is 1.76 bits per heavy atom. The van der Waals surface area contributed by atoms with Gasteiger partial charge in [0.25, 0.3) is 11.8 Å². The summed E-state index contributed by atoms with van der Waals surface area (Å²) in [6.45, 7) is 4.59. The number of primary amides is 1. The topological polar surface area (TPSA) is 124 Å². The molecular weight excluding hydrogens is 532 g/mol. The zero-order valence-corrected chi connectivity index (χ0v) is 23.0. The molecule has 2 fully saturated rings. The van der Waals surface area contributed by atoms with E-state index in [1.54, 1.807) is 36.4 Å². The Morgan fingerprint density at radius 3 is 2.39 bits per heavy atom. The Labute approximate surface area is 236 Å². The highest BCUT2D eigenvalue weighted by Gasteiger charge is 2.59. The molecule has 2 aliphatic heterocycles. The van der Waals surface area contributed by atoms with E-state index in [0.717, 1.165) is 11.1 Å². The third-order valence-electron chi connectivity index (χ3n) is 8.59. The minimum absolute atomic E-state index is 0.0610. The predicted octanol–water partition coefficient (Wildman–Crippen LogP) is 4.46. The van der Waals surface area contributed by atoms with Crippen molar-refractivity contribution in [1.29, 1.82) is 0 Å². The fourth-order valence-corrected chi connectivity index (χ4v) is 5.85. The molecule has 216 valence electrons. The standard InChI is InChI=1S/C30H33F2N5O4/c1-17(2)26-35-28(41-36-26)37-11-9-29(10-12-37)30(31,32)16-22-13-20(7-8-24(22)40-29)18-3-5-19(6-4-18)27(39)34-23-14-21(15-23)25(33)38/h3-8,13,17,21,23H,9-12,14-16H2,1-2H3,(H2,33,38)(H,34,39). The first-order valence-corrected chi connectivity index (χ1v) is 14.0. The summed E-state index contributed by atoms with van der Waals surface area (Å²) in [6.07, 6.45) is 0.960. The van der Waals surface area contributed by atoms with Gasteiger partial charge in [-0.25, -0.2) is 8.78 Å². The van der Waals surface area contributed by atoms with Gasteiger partial charge in [-0.05, 0) is 48.2 Å². The van der Waals surface area contributed by atoms with Crippen LogP contribution in [0.3, 0.4) is 0 Å². The van der Waals surface area contributed by atoms with Crippen LogP contribution in [0.4, 0.5) is 14.8 Å². The van der Waals surface area contributed by atoms with E-state index in [-0.39, 0.29) is 42.5 Å². The second-order valence-corrected chi connectivity index (χ2v) is 11.7. The third-order valence-corrected chi connectivity index (χ3v) is 8.59. The fourth-order valence-electron chi connectivity index (χ4n) is 5.85. The average molecular weight is 566 g/mol. The number of carbonyl (C=O) groups is 2. The number of hydrogen-bond donors (Lipinski definition) is 2. The SMILES string of the molecule is CC(C)c1noc(N2CCC3(CC2)Oc2ccc(-c4ccc(C(=O)NC5CC(C(N)=O)C5)cc4)cc2CC3(F)F)n1. The number of alkyl halides is 2. The smallest absolute Gasteiger partial charge is 0.324 e. The van der Waals surface area contributed by atoms with Crippen molar-refractivity contribution in [2.24, 2.45) is 11.7 Å². The van der Waals surface area contributed by atoms with Crippen LogP contribution in [-0.4, -0.2) is 52.6 Å². The molecule has 0 atom stereocenters. The largest absolute Gasteiger partial charge is 0.481 e. The molecule has 2 aromatic carbocycles. The summed E-state index contributed by atoms with van der Waals surface area (Å²) >= 11 is 0. The maximum Gasteiger partial charge on any atom is 0.324 e. The summed E-state index contributed by atoms with van der Waals surface area (Å²) in [4.78, 5) is 30.0. The van der Waals surface area contributed by atoms with Crippen LogP contribution in [0.5, 0.6) is 5.75 Å². The maximum atomic E-state index is 15.7. The number of nitrogens with two attached hydrogens (primary N) is 1. The van der Waals surface area contributed by atoms with Gasteiger partial charge >= 0.3 is 6.01 Å². The van der Waals surface area contributed by atoms with E-state index in [1.165, 1.54) is 0 Å². The predicted molar refractivity (Wildman–Crippen MR) is 147 cm³/mol. The highest BCUT2D eigenvalue weighted by Crippen LogP contribution is 2.49. The summed E-state index contributed by atoms with van der Waals surface area (Å²) in [5.41, 5.74) is 6.21. The number of anilines is 1. The lowest BCUT2D eigenvalue weighted by molar-refractivity contribution is -0.185. The zero-order chi connectivity index (χ0) is 28.9. The summed E-state index contributed by atoms with van der Waals surface area (Å²) < 4.78 is 42.8. The second-order valence-electron chi connectivity index (χ2n) is 11.7. The van der Waals surface area contributed by atoms with Crippen LogP contribution >= 0.6 is 0 Å². The number of aromatic nitrogens is 2. The van der Waals surface area contributed by atoms with Crippen LogP contribution in [-0.2, 0) is 11.2 Å². The molecule has 41 heavy (non-hydrogen) atoms. The van der Waals surface area contributed by atoms with E-state index >= 15 is 8.78 Å². The molecule has 0 bridgehead atoms. The van der Waals surface area contributed by atoms with Gasteiger partial charge in [-0.1, -0.05) is 37.2 Å². The molecule has 3 N–H and O–H groups in total. The lowest BCUT2D eigenvalue weighted by Gasteiger charge is -2.48. The van der Waals surface area contributed by atoms with Crippen LogP contribution < -0.4 is 20.7 Å². The van der Waals surface area contributed by atoms with Crippen LogP contribution in [0, 0.1) is 5.92 Å². The van der Waals surface area contributed by atoms with E-state index in [1.807, 2.05) is 24.8 Å². The molecule has 0 radical (unpaired) electrons. The number of piperidine rings is 1. The quantitative estimate of drug-likeness (QED) is 0.452. The van der Waals surface area contributed by atoms with Crippen LogP contribution in [0.2, 0.25) is 0 Å². The second kappa shape index (κ2) is 10.1. The summed E-state index contributed by atoms with van der Waals surface area (Å²) in [5, 5.41) is 6.89. The number of hydrogen-bond acceptors (Lipinski definition) is 7. The molecule has 3 heterocycles. The van der Waals surface area contributed by atoms with E-state index in [2.05, 4.69) is 15.5 Å². The Bertz CT molecular complexity index is 1460. The molecule has 2 amide bonds. The Hall–Kier alpha value is -4.02. The average Bonchev–Trinajstić information content (AvgIpc) is 3.42. The molecular formula is C30H33F2N5O4. The minimum atomic E-state index is -3.06. The first kappa shape index (κ1) is 27.2. The minimum Gasteiger partial charge on any atom is -0.481 e. The maximum absolute atomic E-state index is 15.7. The Morgan fingerprint density at radius 1 is 1.07 bits per heavy atom. The summed E-state index contributed by atoms with van der Waals surface area (Å²) in [7, 11) is 0. The first-order valence-electron chi connectivity index (χ1n) is 14.0. The highest BCUT2D eigenvalue weighted by atomic mass is 19.3. The lowest BCUT2D eigenvalue weighted by Crippen LogP contribution is -2.61. The van der Waals surface area contributed by atoms with Gasteiger partial charge < -0.3 is 25.2 Å². The number of carbonyl (C=O) groups excluding carboxylic acids is 2. The molecule has 11 heteroatoms. The molecule has 1 saturated heterocycles. The molecule has 1 saturated carbocycles. The van der Waals surface area contributed by atoms with E-state index in [9.17, 15) is 9.59 Å². The van der Waals surface area contributed by atoms with E-state index in [0.29, 0.717) is 54.6 Å². The van der Waals surface area contributed by atoms with Crippen molar-refractivity contribution in [3.05, 3.63) is 59.4 Å². The molecule has 3 aromatic rings. The van der Waals surface area contributed by atoms with Crippen molar-refractivity contribution in [1.82, 2.24) is 15.5 Å². The lowest BCUT2D eigenvalue weighted by atomic mass is 9.79. The number of nitrogens with zero attached hydrogens (tertiary/aromatic N) is 3. The van der Waals surface area contributed by atoms with E-state index < -0.39 is 17.9 Å². The van der Waals surface area contributed by atoms with Crippen LogP contribution in [0.15, 0.2) is 47.0 Å². The van der Waals surface area contributed by atoms with Gasteiger partial charge in [0.1, 0.15) is 5.75 Å². The van der Waals surface area contributed by atoms with Crippen molar-refractivity contribution in [2.45, 2.75) is 69.4 Å². The molecule has 1 aromatic heterocycles. The van der Waals surface area contributed by atoms with Gasteiger partial charge in [-0.15, -0.1) is 0 Å². The van der Waals surface area contributed by atoms with Crippen LogP contribution in [0.25, 0.3) is 11.1 Å². The van der Waals surface area contributed by atoms with Crippen molar-refractivity contribution in [3.8, 4) is 16.9 Å². The van der Waals surface area contributed by atoms with Gasteiger partial charge in [0.05, 0.1) is 0 Å². The molecule has 6 rings (SSSR count). The van der Waals surface area contributed by atoms with Gasteiger partial charge in [0.15, 0.2) is 11.4 Å². The van der Waals surface area contributed by atoms with Gasteiger partial charge in [0, 0.05) is 61.4 Å². The summed E-state index contributed by atoms with van der Waals surface area (Å²) in [6, 6.07) is 12.6. The molecule has 1 aliphatic carbocycles. The summed E-state index contributed by atoms with van der Waals surface area (Å²) in [5.74, 6) is -2.62. The molecule has 3 aliphatic rings. The monoisotopic (exact) mass is 565 g/mol. The van der Waals surface area contributed by atoms with Crippen molar-refractivity contribution in [3.63, 3.8) is 0 Å². The zero-order valence-electron chi connectivity index (χ0n) is 23.0. The number of ether oxygens (including phenoxy) is 1. The molecule has 9 nitrogen and oxygen atoms in total. The van der Waals surface area contributed by atoms with Crippen LogP contribution in [0.1, 0.15) is 67.2 Å². The normalized spacial score (nSPS) is 22.5. The number of nitrogens with one attached hydrogen (secondary N) is 1. The first-order chi connectivity index (χ1) is 19.5. The molecule has 1 spiro atoms. The van der Waals surface area contributed by atoms with Crippen molar-refractivity contribution in [2.75, 3.05) is 18.0 Å². The fraction of sp³-hybridized carbons (Fsp3) is 0.467. The molecule has 0 unspecified atom stereocenters. The Balaban J connectivity index is 1.12. The van der Waals surface area contributed by atoms with Gasteiger partial charge in [-0.3, -0.25) is 9.59 Å². The number of halogens is 2. The van der Waals surface area contributed by atoms with E-state index in [4.69, 9.17) is 15.0 Å². The van der Waals surface area contributed by atoms with Gasteiger partial charge in [-0.2, -0.15) is 4.98 Å². The van der Waals surface area contributed by atoms with Crippen molar-refractivity contribution >= 4 is 17.8 Å². The number of fused-ring (bicyclic) bond motifs is 1. The number of rotatable bonds is 6. The number of benzene rings is 2. The third kappa shape index (κ3) is 5.02. The number of amides is 2.